The number of hydrogen-bond acceptors (Lipinski definition) is 5. The first-order valence-corrected chi connectivity index (χ1v) is 8.03. The van der Waals surface area contributed by atoms with Crippen LogP contribution >= 0.6 is 11.3 Å². The van der Waals surface area contributed by atoms with Crippen LogP contribution in [0.15, 0.2) is 46.2 Å². The normalized spacial score (nSPS) is 10.7. The number of aliphatic hydroxyl groups excluding tert-OH is 1. The number of hydrogen-bond donors (Lipinski definition) is 2. The fourth-order valence-corrected chi connectivity index (χ4v) is 2.85. The molecule has 23 heavy (non-hydrogen) atoms. The summed E-state index contributed by atoms with van der Waals surface area (Å²) in [6, 6.07) is 11.0. The van der Waals surface area contributed by atoms with Gasteiger partial charge in [0.2, 0.25) is 11.8 Å². The molecule has 1 amide bonds. The van der Waals surface area contributed by atoms with E-state index in [0.717, 1.165) is 10.4 Å². The van der Waals surface area contributed by atoms with Gasteiger partial charge in [-0.2, -0.15) is 0 Å². The summed E-state index contributed by atoms with van der Waals surface area (Å²) >= 11 is 1.54. The van der Waals surface area contributed by atoms with Gasteiger partial charge in [0.05, 0.1) is 23.6 Å². The molecule has 6 heteroatoms. The second-order valence-electron chi connectivity index (χ2n) is 5.08. The number of aryl methyl sites for hydroxylation is 1. The van der Waals surface area contributed by atoms with Crippen LogP contribution in [0.25, 0.3) is 10.8 Å². The molecule has 2 N–H and O–H groups in total. The molecule has 0 saturated carbocycles. The Balaban J connectivity index is 1.70. The van der Waals surface area contributed by atoms with Crippen LogP contribution < -0.4 is 5.32 Å². The zero-order valence-corrected chi connectivity index (χ0v) is 13.4. The highest BCUT2D eigenvalue weighted by Gasteiger charge is 2.15. The monoisotopic (exact) mass is 328 g/mol. The molecule has 5 nitrogen and oxygen atoms in total. The number of carbonyl (C=O) groups is 1. The Hall–Kier alpha value is -2.44. The molecule has 0 bridgehead atoms. The number of aromatic nitrogens is 1. The third-order valence-corrected chi connectivity index (χ3v) is 4.20. The quantitative estimate of drug-likeness (QED) is 0.753. The summed E-state index contributed by atoms with van der Waals surface area (Å²) in [5.41, 5.74) is 2.03. The summed E-state index contributed by atoms with van der Waals surface area (Å²) in [7, 11) is 0. The first-order chi connectivity index (χ1) is 11.2. The average molecular weight is 328 g/mol. The number of carbonyl (C=O) groups excluding carboxylic acids is 1. The molecule has 0 aliphatic heterocycles. The van der Waals surface area contributed by atoms with Crippen molar-refractivity contribution < 1.29 is 14.3 Å². The maximum Gasteiger partial charge on any atom is 0.236 e. The minimum atomic E-state index is -0.172. The molecule has 1 aromatic carbocycles. The van der Waals surface area contributed by atoms with Crippen molar-refractivity contribution in [1.29, 1.82) is 0 Å². The molecule has 2 heterocycles. The van der Waals surface area contributed by atoms with Gasteiger partial charge in [-0.15, -0.1) is 11.3 Å². The highest BCUT2D eigenvalue weighted by Crippen LogP contribution is 2.26. The number of oxazole rings is 1. The number of anilines is 1. The Morgan fingerprint density at radius 1 is 1.35 bits per heavy atom. The van der Waals surface area contributed by atoms with Gasteiger partial charge in [0.1, 0.15) is 5.76 Å². The van der Waals surface area contributed by atoms with Gasteiger partial charge in [0.25, 0.3) is 0 Å². The van der Waals surface area contributed by atoms with E-state index in [4.69, 9.17) is 9.52 Å². The largest absolute Gasteiger partial charge is 0.440 e. The zero-order chi connectivity index (χ0) is 16.2. The zero-order valence-electron chi connectivity index (χ0n) is 12.6. The lowest BCUT2D eigenvalue weighted by atomic mass is 10.2. The van der Waals surface area contributed by atoms with E-state index in [0.29, 0.717) is 23.0 Å². The highest BCUT2D eigenvalue weighted by molar-refractivity contribution is 7.13. The van der Waals surface area contributed by atoms with Crippen molar-refractivity contribution in [2.75, 3.05) is 5.32 Å². The van der Waals surface area contributed by atoms with E-state index in [1.807, 2.05) is 17.5 Å². The highest BCUT2D eigenvalue weighted by atomic mass is 32.1. The molecule has 0 aliphatic rings. The second-order valence-corrected chi connectivity index (χ2v) is 6.03. The van der Waals surface area contributed by atoms with Crippen molar-refractivity contribution in [2.45, 2.75) is 20.0 Å². The lowest BCUT2D eigenvalue weighted by Gasteiger charge is -2.05. The Kier molecular flexibility index (Phi) is 4.55. The van der Waals surface area contributed by atoms with E-state index in [2.05, 4.69) is 10.3 Å². The molecule has 0 fully saturated rings. The summed E-state index contributed by atoms with van der Waals surface area (Å²) in [6.45, 7) is 1.75. The Bertz CT molecular complexity index is 809. The smallest absolute Gasteiger partial charge is 0.236 e. The molecule has 2 aromatic heterocycles. The summed E-state index contributed by atoms with van der Waals surface area (Å²) in [5, 5.41) is 13.9. The molecular weight excluding hydrogens is 312 g/mol. The minimum Gasteiger partial charge on any atom is -0.440 e. The van der Waals surface area contributed by atoms with Crippen LogP contribution in [0, 0.1) is 6.92 Å². The molecule has 118 valence electrons. The van der Waals surface area contributed by atoms with Gasteiger partial charge in [-0.05, 0) is 36.1 Å². The standard InChI is InChI=1S/C17H16N2O3S/c1-11-14(19-17(22-11)15-6-3-7-23-15)9-16(21)18-13-5-2-4-12(8-13)10-20/h2-8,20H,9-10H2,1H3,(H,18,21). The minimum absolute atomic E-state index is 0.0592. The van der Waals surface area contributed by atoms with Crippen LogP contribution in [-0.2, 0) is 17.8 Å². The van der Waals surface area contributed by atoms with Crippen LogP contribution in [0.4, 0.5) is 5.69 Å². The molecule has 0 radical (unpaired) electrons. The third kappa shape index (κ3) is 3.67. The molecule has 3 rings (SSSR count). The molecule has 0 saturated heterocycles. The fraction of sp³-hybridized carbons (Fsp3) is 0.176. The van der Waals surface area contributed by atoms with Crippen LogP contribution in [-0.4, -0.2) is 16.0 Å². The van der Waals surface area contributed by atoms with E-state index in [1.165, 1.54) is 0 Å². The predicted molar refractivity (Wildman–Crippen MR) is 89.3 cm³/mol. The topological polar surface area (TPSA) is 75.4 Å². The van der Waals surface area contributed by atoms with E-state index in [-0.39, 0.29) is 18.9 Å². The van der Waals surface area contributed by atoms with Crippen molar-refractivity contribution in [1.82, 2.24) is 4.98 Å². The number of benzene rings is 1. The van der Waals surface area contributed by atoms with Crippen molar-refractivity contribution >= 4 is 22.9 Å². The molecule has 0 spiro atoms. The SMILES string of the molecule is Cc1oc(-c2cccs2)nc1CC(=O)Nc1cccc(CO)c1. The van der Waals surface area contributed by atoms with Crippen molar-refractivity contribution in [3.05, 3.63) is 58.8 Å². The van der Waals surface area contributed by atoms with Gasteiger partial charge >= 0.3 is 0 Å². The van der Waals surface area contributed by atoms with Gasteiger partial charge in [0, 0.05) is 5.69 Å². The summed E-state index contributed by atoms with van der Waals surface area (Å²) in [4.78, 5) is 17.5. The maximum absolute atomic E-state index is 12.2. The molecule has 0 aliphatic carbocycles. The summed E-state index contributed by atoms with van der Waals surface area (Å²) in [5.74, 6) is 1.02. The van der Waals surface area contributed by atoms with E-state index in [1.54, 1.807) is 42.5 Å². The maximum atomic E-state index is 12.2. The van der Waals surface area contributed by atoms with Gasteiger partial charge in [0.15, 0.2) is 0 Å². The second kappa shape index (κ2) is 6.76. The number of nitrogens with zero attached hydrogens (tertiary/aromatic N) is 1. The van der Waals surface area contributed by atoms with Crippen molar-refractivity contribution in [2.24, 2.45) is 0 Å². The Morgan fingerprint density at radius 3 is 2.96 bits per heavy atom. The van der Waals surface area contributed by atoms with Crippen LogP contribution in [0.1, 0.15) is 17.0 Å². The average Bonchev–Trinajstić information content (AvgIpc) is 3.18. The molecular formula is C17H16N2O3S. The van der Waals surface area contributed by atoms with E-state index >= 15 is 0 Å². The number of rotatable bonds is 5. The van der Waals surface area contributed by atoms with Crippen LogP contribution in [0.5, 0.6) is 0 Å². The first-order valence-electron chi connectivity index (χ1n) is 7.15. The van der Waals surface area contributed by atoms with Gasteiger partial charge in [-0.1, -0.05) is 18.2 Å². The lowest BCUT2D eigenvalue weighted by Crippen LogP contribution is -2.15. The Morgan fingerprint density at radius 2 is 2.22 bits per heavy atom. The summed E-state index contributed by atoms with van der Waals surface area (Å²) in [6.07, 6.45) is 0.143. The predicted octanol–water partition coefficient (Wildman–Crippen LogP) is 3.39. The van der Waals surface area contributed by atoms with E-state index in [9.17, 15) is 4.79 Å². The molecule has 3 aromatic rings. The van der Waals surface area contributed by atoms with Gasteiger partial charge in [-0.3, -0.25) is 4.79 Å². The van der Waals surface area contributed by atoms with Gasteiger partial charge < -0.3 is 14.8 Å². The first kappa shape index (κ1) is 15.5. The summed E-state index contributed by atoms with van der Waals surface area (Å²) < 4.78 is 5.63. The number of nitrogens with one attached hydrogen (secondary N) is 1. The van der Waals surface area contributed by atoms with Crippen LogP contribution in [0.3, 0.4) is 0 Å². The number of aliphatic hydroxyl groups is 1. The lowest BCUT2D eigenvalue weighted by molar-refractivity contribution is -0.115. The van der Waals surface area contributed by atoms with Crippen molar-refractivity contribution in [3.8, 4) is 10.8 Å². The number of thiophene rings is 1. The molecule has 0 atom stereocenters. The molecule has 0 unspecified atom stereocenters. The number of amides is 1. The Labute approximate surface area is 137 Å². The van der Waals surface area contributed by atoms with Crippen LogP contribution in [0.2, 0.25) is 0 Å². The third-order valence-electron chi connectivity index (χ3n) is 3.35. The van der Waals surface area contributed by atoms with Gasteiger partial charge in [-0.25, -0.2) is 4.98 Å². The van der Waals surface area contributed by atoms with Crippen molar-refractivity contribution in [3.63, 3.8) is 0 Å². The fourth-order valence-electron chi connectivity index (χ4n) is 2.20. The van der Waals surface area contributed by atoms with E-state index < -0.39 is 0 Å².